The first-order valence-electron chi connectivity index (χ1n) is 6.31. The van der Waals surface area contributed by atoms with Crippen LogP contribution in [0.2, 0.25) is 0 Å². The first-order valence-corrected chi connectivity index (χ1v) is 6.31. The van der Waals surface area contributed by atoms with E-state index >= 15 is 0 Å². The maximum absolute atomic E-state index is 5.48. The molecule has 0 atom stereocenters. The van der Waals surface area contributed by atoms with E-state index < -0.39 is 0 Å². The number of hydrogen-bond donors (Lipinski definition) is 1. The molecule has 0 aromatic carbocycles. The van der Waals surface area contributed by atoms with Gasteiger partial charge in [0.1, 0.15) is 6.61 Å². The lowest BCUT2D eigenvalue weighted by Gasteiger charge is -2.04. The minimum Gasteiger partial charge on any atom is -0.373 e. The first-order chi connectivity index (χ1) is 8.08. The average Bonchev–Trinajstić information content (AvgIpc) is 2.65. The van der Waals surface area contributed by atoms with Crippen LogP contribution < -0.4 is 5.32 Å². The molecule has 4 heteroatoms. The number of ether oxygens (including phenoxy) is 1. The Morgan fingerprint density at radius 1 is 1.29 bits per heavy atom. The summed E-state index contributed by atoms with van der Waals surface area (Å²) < 4.78 is 10.7. The maximum atomic E-state index is 5.48. The van der Waals surface area contributed by atoms with Crippen LogP contribution in [0.4, 0.5) is 0 Å². The van der Waals surface area contributed by atoms with Gasteiger partial charge in [0.2, 0.25) is 0 Å². The Balaban J connectivity index is 2.23. The van der Waals surface area contributed by atoms with Crippen molar-refractivity contribution in [2.24, 2.45) is 11.8 Å². The molecule has 0 saturated carbocycles. The van der Waals surface area contributed by atoms with Crippen LogP contribution in [0.15, 0.2) is 10.6 Å². The third-order valence-corrected chi connectivity index (χ3v) is 2.16. The fourth-order valence-corrected chi connectivity index (χ4v) is 1.39. The van der Waals surface area contributed by atoms with E-state index in [1.54, 1.807) is 0 Å². The number of hydrogen-bond acceptors (Lipinski definition) is 4. The minimum atomic E-state index is 0.509. The molecule has 1 heterocycles. The van der Waals surface area contributed by atoms with E-state index in [-0.39, 0.29) is 0 Å². The molecule has 0 spiro atoms. The standard InChI is InChI=1S/C13H24N2O2/c1-10(2)6-14-7-12-5-13(17-15-12)9-16-8-11(3)4/h5,10-11,14H,6-9H2,1-4H3. The Bertz CT molecular complexity index is 280. The van der Waals surface area contributed by atoms with Gasteiger partial charge in [-0.1, -0.05) is 32.9 Å². The van der Waals surface area contributed by atoms with Crippen molar-refractivity contribution in [2.75, 3.05) is 13.2 Å². The molecule has 1 rings (SSSR count). The predicted molar refractivity (Wildman–Crippen MR) is 67.5 cm³/mol. The summed E-state index contributed by atoms with van der Waals surface area (Å²) in [5, 5.41) is 7.32. The van der Waals surface area contributed by atoms with E-state index in [0.29, 0.717) is 18.4 Å². The Morgan fingerprint density at radius 2 is 2.06 bits per heavy atom. The fourth-order valence-electron chi connectivity index (χ4n) is 1.39. The predicted octanol–water partition coefficient (Wildman–Crippen LogP) is 2.59. The van der Waals surface area contributed by atoms with Gasteiger partial charge >= 0.3 is 0 Å². The van der Waals surface area contributed by atoms with E-state index in [0.717, 1.165) is 31.2 Å². The molecule has 0 aliphatic heterocycles. The highest BCUT2D eigenvalue weighted by Crippen LogP contribution is 2.06. The lowest BCUT2D eigenvalue weighted by molar-refractivity contribution is 0.0805. The Labute approximate surface area is 104 Å². The Hall–Kier alpha value is -0.870. The second-order valence-corrected chi connectivity index (χ2v) is 5.22. The van der Waals surface area contributed by atoms with Gasteiger partial charge in [-0.15, -0.1) is 0 Å². The average molecular weight is 240 g/mol. The van der Waals surface area contributed by atoms with Crippen LogP contribution in [0.5, 0.6) is 0 Å². The van der Waals surface area contributed by atoms with Crippen molar-refractivity contribution in [1.82, 2.24) is 10.5 Å². The van der Waals surface area contributed by atoms with Gasteiger partial charge in [0.25, 0.3) is 0 Å². The van der Waals surface area contributed by atoms with Crippen LogP contribution in [0, 0.1) is 11.8 Å². The fraction of sp³-hybridized carbons (Fsp3) is 0.769. The summed E-state index contributed by atoms with van der Waals surface area (Å²) >= 11 is 0. The summed E-state index contributed by atoms with van der Waals surface area (Å²) in [6.45, 7) is 11.6. The van der Waals surface area contributed by atoms with Crippen molar-refractivity contribution in [3.8, 4) is 0 Å². The van der Waals surface area contributed by atoms with E-state index in [9.17, 15) is 0 Å². The van der Waals surface area contributed by atoms with E-state index in [1.165, 1.54) is 0 Å². The van der Waals surface area contributed by atoms with Gasteiger partial charge in [0.05, 0.1) is 5.69 Å². The van der Waals surface area contributed by atoms with Crippen molar-refractivity contribution in [3.63, 3.8) is 0 Å². The highest BCUT2D eigenvalue weighted by molar-refractivity contribution is 5.04. The van der Waals surface area contributed by atoms with Crippen LogP contribution in [0.1, 0.15) is 39.1 Å². The van der Waals surface area contributed by atoms with Crippen LogP contribution in [-0.2, 0) is 17.9 Å². The van der Waals surface area contributed by atoms with Gasteiger partial charge in [-0.2, -0.15) is 0 Å². The van der Waals surface area contributed by atoms with Crippen molar-refractivity contribution in [1.29, 1.82) is 0 Å². The van der Waals surface area contributed by atoms with Crippen molar-refractivity contribution in [3.05, 3.63) is 17.5 Å². The maximum Gasteiger partial charge on any atom is 0.162 e. The lowest BCUT2D eigenvalue weighted by Crippen LogP contribution is -2.19. The quantitative estimate of drug-likeness (QED) is 0.758. The molecule has 1 aromatic heterocycles. The molecule has 0 bridgehead atoms. The summed E-state index contributed by atoms with van der Waals surface area (Å²) in [7, 11) is 0. The smallest absolute Gasteiger partial charge is 0.162 e. The van der Waals surface area contributed by atoms with Crippen LogP contribution in [0.3, 0.4) is 0 Å². The Kier molecular flexibility index (Phi) is 6.22. The van der Waals surface area contributed by atoms with Crippen LogP contribution in [0.25, 0.3) is 0 Å². The van der Waals surface area contributed by atoms with Gasteiger partial charge < -0.3 is 14.6 Å². The molecular weight excluding hydrogens is 216 g/mol. The highest BCUT2D eigenvalue weighted by Gasteiger charge is 2.05. The third-order valence-electron chi connectivity index (χ3n) is 2.16. The van der Waals surface area contributed by atoms with Crippen LogP contribution in [-0.4, -0.2) is 18.3 Å². The zero-order chi connectivity index (χ0) is 12.7. The second kappa shape index (κ2) is 7.45. The largest absolute Gasteiger partial charge is 0.373 e. The van der Waals surface area contributed by atoms with Crippen molar-refractivity contribution < 1.29 is 9.26 Å². The van der Waals surface area contributed by atoms with Crippen molar-refractivity contribution in [2.45, 2.75) is 40.8 Å². The zero-order valence-corrected chi connectivity index (χ0v) is 11.3. The summed E-state index contributed by atoms with van der Waals surface area (Å²) in [6.07, 6.45) is 0. The molecule has 98 valence electrons. The lowest BCUT2D eigenvalue weighted by atomic mass is 10.2. The van der Waals surface area contributed by atoms with E-state index in [1.807, 2.05) is 6.07 Å². The molecule has 0 aliphatic rings. The molecule has 4 nitrogen and oxygen atoms in total. The summed E-state index contributed by atoms with van der Waals surface area (Å²) in [6, 6.07) is 1.95. The van der Waals surface area contributed by atoms with Gasteiger partial charge in [-0.05, 0) is 18.4 Å². The van der Waals surface area contributed by atoms with Gasteiger partial charge in [0.15, 0.2) is 5.76 Å². The number of nitrogens with zero attached hydrogens (tertiary/aromatic N) is 1. The van der Waals surface area contributed by atoms with Gasteiger partial charge in [-0.3, -0.25) is 0 Å². The molecular formula is C13H24N2O2. The summed E-state index contributed by atoms with van der Waals surface area (Å²) in [5.74, 6) is 1.99. The van der Waals surface area contributed by atoms with E-state index in [4.69, 9.17) is 9.26 Å². The molecule has 0 aliphatic carbocycles. The number of nitrogens with one attached hydrogen (secondary N) is 1. The topological polar surface area (TPSA) is 47.3 Å². The molecule has 0 radical (unpaired) electrons. The number of aromatic nitrogens is 1. The summed E-state index contributed by atoms with van der Waals surface area (Å²) in [4.78, 5) is 0. The zero-order valence-electron chi connectivity index (χ0n) is 11.3. The molecule has 1 aromatic rings. The van der Waals surface area contributed by atoms with Crippen molar-refractivity contribution >= 4 is 0 Å². The molecule has 0 unspecified atom stereocenters. The molecule has 0 amide bonds. The van der Waals surface area contributed by atoms with Crippen LogP contribution >= 0.6 is 0 Å². The van der Waals surface area contributed by atoms with E-state index in [2.05, 4.69) is 38.2 Å². The second-order valence-electron chi connectivity index (χ2n) is 5.22. The number of rotatable bonds is 8. The normalized spacial score (nSPS) is 11.6. The van der Waals surface area contributed by atoms with Gasteiger partial charge in [-0.25, -0.2) is 0 Å². The minimum absolute atomic E-state index is 0.509. The first kappa shape index (κ1) is 14.2. The highest BCUT2D eigenvalue weighted by atomic mass is 16.5. The molecule has 0 saturated heterocycles. The monoisotopic (exact) mass is 240 g/mol. The third kappa shape index (κ3) is 6.44. The molecule has 0 fully saturated rings. The SMILES string of the molecule is CC(C)CNCc1cc(COCC(C)C)on1. The Morgan fingerprint density at radius 3 is 2.71 bits per heavy atom. The molecule has 1 N–H and O–H groups in total. The summed E-state index contributed by atoms with van der Waals surface area (Å²) in [5.41, 5.74) is 0.939. The van der Waals surface area contributed by atoms with Gasteiger partial charge in [0, 0.05) is 19.2 Å². The molecule has 17 heavy (non-hydrogen) atoms.